The van der Waals surface area contributed by atoms with Gasteiger partial charge in [0.15, 0.2) is 0 Å². The van der Waals surface area contributed by atoms with Gasteiger partial charge in [0.25, 0.3) is 0 Å². The zero-order chi connectivity index (χ0) is 22.1. The molecule has 0 saturated carbocycles. The number of aromatic hydroxyl groups is 1. The van der Waals surface area contributed by atoms with E-state index in [9.17, 15) is 5.11 Å². The fourth-order valence-electron chi connectivity index (χ4n) is 5.00. The summed E-state index contributed by atoms with van der Waals surface area (Å²) >= 11 is 0. The van der Waals surface area contributed by atoms with Gasteiger partial charge in [-0.2, -0.15) is 0 Å². The van der Waals surface area contributed by atoms with E-state index in [1.54, 1.807) is 18.2 Å². The van der Waals surface area contributed by atoms with Crippen molar-refractivity contribution in [1.29, 1.82) is 10.8 Å². The lowest BCUT2D eigenvalue weighted by Crippen LogP contribution is -2.62. The number of benzene rings is 1. The Morgan fingerprint density at radius 3 is 2.37 bits per heavy atom. The van der Waals surface area contributed by atoms with E-state index in [1.165, 1.54) is 5.57 Å². The number of phenolic OH excluding ortho intramolecular Hbond substituents is 1. The predicted molar refractivity (Wildman–Crippen MR) is 126 cm³/mol. The van der Waals surface area contributed by atoms with Gasteiger partial charge in [-0.3, -0.25) is 5.41 Å². The smallest absolute Gasteiger partial charge is 0.125 e. The van der Waals surface area contributed by atoms with Crippen LogP contribution in [-0.4, -0.2) is 45.7 Å². The van der Waals surface area contributed by atoms with Gasteiger partial charge in [-0.15, -0.1) is 0 Å². The quantitative estimate of drug-likeness (QED) is 0.404. The average Bonchev–Trinajstić information content (AvgIpc) is 3.17. The minimum atomic E-state index is 0.0136. The fraction of sp³-hybridized carbons (Fsp3) is 0.520. The normalized spacial score (nSPS) is 20.9. The van der Waals surface area contributed by atoms with E-state index >= 15 is 0 Å². The lowest BCUT2D eigenvalue weighted by atomic mass is 9.79. The van der Waals surface area contributed by atoms with E-state index in [-0.39, 0.29) is 28.6 Å². The number of nitrogens with one attached hydrogen (secondary N) is 3. The highest BCUT2D eigenvalue weighted by Gasteiger charge is 2.39. The van der Waals surface area contributed by atoms with Gasteiger partial charge in [0, 0.05) is 29.7 Å². The molecular formula is C25H36N4O. The molecule has 0 spiro atoms. The Bertz CT molecular complexity index is 878. The van der Waals surface area contributed by atoms with Crippen LogP contribution in [0.4, 0.5) is 0 Å². The molecule has 5 nitrogen and oxygen atoms in total. The third-order valence-corrected chi connectivity index (χ3v) is 6.20. The number of nitrogens with zero attached hydrogens (tertiary/aromatic N) is 1. The topological polar surface area (TPSA) is 83.2 Å². The van der Waals surface area contributed by atoms with Crippen LogP contribution in [0.1, 0.15) is 70.9 Å². The summed E-state index contributed by atoms with van der Waals surface area (Å²) in [7, 11) is 1.96. The maximum atomic E-state index is 10.4. The van der Waals surface area contributed by atoms with Gasteiger partial charge in [0.1, 0.15) is 11.6 Å². The van der Waals surface area contributed by atoms with Crippen molar-refractivity contribution in [2.75, 3.05) is 7.05 Å². The number of hydrogen-bond acceptors (Lipinski definition) is 4. The Hall–Kier alpha value is -2.40. The number of likely N-dealkylation sites (N-methyl/N-ethyl adjacent to an activating group) is 1. The number of hydrogen-bond donors (Lipinski definition) is 4. The maximum Gasteiger partial charge on any atom is 0.125 e. The van der Waals surface area contributed by atoms with Crippen LogP contribution in [0.15, 0.2) is 36.4 Å². The Balaban J connectivity index is 1.67. The molecule has 1 saturated heterocycles. The molecule has 0 amide bonds. The van der Waals surface area contributed by atoms with Crippen molar-refractivity contribution in [1.82, 2.24) is 10.2 Å². The van der Waals surface area contributed by atoms with Crippen LogP contribution in [0.2, 0.25) is 0 Å². The summed E-state index contributed by atoms with van der Waals surface area (Å²) in [5.41, 5.74) is 3.04. The van der Waals surface area contributed by atoms with Gasteiger partial charge >= 0.3 is 0 Å². The van der Waals surface area contributed by atoms with Crippen LogP contribution < -0.4 is 5.32 Å². The largest absolute Gasteiger partial charge is 0.507 e. The standard InChI is InChI=1S/C25H36N4O/c1-24(2)15-19(16-25(3,4)28-24)29(5)23(27)13-12-21(26)20-11-10-18(14-22(20)30)17-8-6-7-9-17/h8,10-14,19,26-28,30H,6-7,9,15-16H2,1-5H3/b13-12-,26-21?,27-23?. The van der Waals surface area contributed by atoms with Crippen LogP contribution in [0.3, 0.4) is 0 Å². The lowest BCUT2D eigenvalue weighted by molar-refractivity contribution is 0.114. The first kappa shape index (κ1) is 22.3. The molecule has 1 aliphatic heterocycles. The average molecular weight is 409 g/mol. The van der Waals surface area contributed by atoms with Crippen LogP contribution >= 0.6 is 0 Å². The highest BCUT2D eigenvalue weighted by atomic mass is 16.3. The molecule has 0 atom stereocenters. The van der Waals surface area contributed by atoms with E-state index in [0.717, 1.165) is 37.7 Å². The van der Waals surface area contributed by atoms with E-state index in [1.807, 2.05) is 24.1 Å². The summed E-state index contributed by atoms with van der Waals surface area (Å²) in [5, 5.41) is 31.0. The second kappa shape index (κ2) is 8.38. The zero-order valence-electron chi connectivity index (χ0n) is 19.0. The number of piperidine rings is 1. The molecule has 0 aromatic heterocycles. The molecule has 5 heteroatoms. The summed E-state index contributed by atoms with van der Waals surface area (Å²) in [6.45, 7) is 8.83. The van der Waals surface area contributed by atoms with Crippen molar-refractivity contribution < 1.29 is 5.11 Å². The summed E-state index contributed by atoms with van der Waals surface area (Å²) in [5.74, 6) is 0.502. The number of phenols is 1. The summed E-state index contributed by atoms with van der Waals surface area (Å²) in [4.78, 5) is 2.00. The first-order chi connectivity index (χ1) is 14.0. The van der Waals surface area contributed by atoms with E-state index < -0.39 is 0 Å². The van der Waals surface area contributed by atoms with Crippen molar-refractivity contribution in [2.45, 2.75) is 76.9 Å². The third kappa shape index (κ3) is 5.20. The molecule has 30 heavy (non-hydrogen) atoms. The molecule has 162 valence electrons. The van der Waals surface area contributed by atoms with Crippen molar-refractivity contribution >= 4 is 17.1 Å². The first-order valence-electron chi connectivity index (χ1n) is 10.9. The summed E-state index contributed by atoms with van der Waals surface area (Å²) in [6, 6.07) is 5.80. The number of amidine groups is 1. The molecule has 0 unspecified atom stereocenters. The molecule has 0 bridgehead atoms. The molecule has 1 aromatic carbocycles. The van der Waals surface area contributed by atoms with Crippen LogP contribution in [-0.2, 0) is 0 Å². The molecule has 1 aliphatic carbocycles. The predicted octanol–water partition coefficient (Wildman–Crippen LogP) is 5.10. The molecule has 0 radical (unpaired) electrons. The van der Waals surface area contributed by atoms with Gasteiger partial charge in [-0.1, -0.05) is 12.1 Å². The van der Waals surface area contributed by atoms with Crippen molar-refractivity contribution in [3.8, 4) is 5.75 Å². The first-order valence-corrected chi connectivity index (χ1v) is 10.9. The molecular weight excluding hydrogens is 372 g/mol. The van der Waals surface area contributed by atoms with Crippen LogP contribution in [0.5, 0.6) is 5.75 Å². The molecule has 1 aromatic rings. The minimum absolute atomic E-state index is 0.0136. The molecule has 3 rings (SSSR count). The molecule has 2 aliphatic rings. The van der Waals surface area contributed by atoms with E-state index in [0.29, 0.717) is 11.4 Å². The highest BCUT2D eigenvalue weighted by Crippen LogP contribution is 2.32. The van der Waals surface area contributed by atoms with Crippen molar-refractivity contribution in [3.05, 3.63) is 47.6 Å². The maximum absolute atomic E-state index is 10.4. The minimum Gasteiger partial charge on any atom is -0.507 e. The molecule has 1 heterocycles. The van der Waals surface area contributed by atoms with E-state index in [2.05, 4.69) is 39.1 Å². The van der Waals surface area contributed by atoms with Gasteiger partial charge in [0.05, 0.1) is 5.71 Å². The van der Waals surface area contributed by atoms with E-state index in [4.69, 9.17) is 10.8 Å². The zero-order valence-corrected chi connectivity index (χ0v) is 19.0. The fourth-order valence-corrected chi connectivity index (χ4v) is 5.00. The number of allylic oxidation sites excluding steroid dienone is 3. The van der Waals surface area contributed by atoms with Crippen LogP contribution in [0.25, 0.3) is 5.57 Å². The van der Waals surface area contributed by atoms with Crippen LogP contribution in [0, 0.1) is 10.8 Å². The summed E-state index contributed by atoms with van der Waals surface area (Å²) < 4.78 is 0. The monoisotopic (exact) mass is 408 g/mol. The van der Waals surface area contributed by atoms with Crippen molar-refractivity contribution in [3.63, 3.8) is 0 Å². The second-order valence-corrected chi connectivity index (χ2v) is 10.1. The Kier molecular flexibility index (Phi) is 6.23. The molecule has 4 N–H and O–H groups in total. The lowest BCUT2D eigenvalue weighted by Gasteiger charge is -2.49. The number of rotatable bonds is 5. The van der Waals surface area contributed by atoms with Gasteiger partial charge < -0.3 is 20.7 Å². The Labute approximate surface area is 180 Å². The van der Waals surface area contributed by atoms with Gasteiger partial charge in [-0.25, -0.2) is 0 Å². The Morgan fingerprint density at radius 2 is 1.80 bits per heavy atom. The van der Waals surface area contributed by atoms with Gasteiger partial charge in [0.2, 0.25) is 0 Å². The molecule has 1 fully saturated rings. The third-order valence-electron chi connectivity index (χ3n) is 6.20. The van der Waals surface area contributed by atoms with Gasteiger partial charge in [-0.05, 0) is 95.2 Å². The summed E-state index contributed by atoms with van der Waals surface area (Å²) in [6.07, 6.45) is 10.7. The Morgan fingerprint density at radius 1 is 1.13 bits per heavy atom. The second-order valence-electron chi connectivity index (χ2n) is 10.1. The SMILES string of the molecule is CN(C(=N)/C=C\C(=N)c1ccc(C2=CCCC2)cc1O)C1CC(C)(C)NC(C)(C)C1. The van der Waals surface area contributed by atoms with Crippen molar-refractivity contribution in [2.24, 2.45) is 0 Å². The highest BCUT2D eigenvalue weighted by molar-refractivity contribution is 6.11.